The van der Waals surface area contributed by atoms with Crippen molar-refractivity contribution in [2.45, 2.75) is 0 Å². The Kier molecular flexibility index (Phi) is 3.82. The summed E-state index contributed by atoms with van der Waals surface area (Å²) in [6.07, 6.45) is 0. The van der Waals surface area contributed by atoms with E-state index in [4.69, 9.17) is 15.9 Å². The number of carbonyl (C=O) groups excluding carboxylic acids is 1. The van der Waals surface area contributed by atoms with E-state index in [1.54, 1.807) is 24.3 Å². The number of para-hydroxylation sites is 1. The van der Waals surface area contributed by atoms with Gasteiger partial charge in [0.25, 0.3) is 0 Å². The van der Waals surface area contributed by atoms with Crippen molar-refractivity contribution in [3.05, 3.63) is 29.8 Å². The van der Waals surface area contributed by atoms with Gasteiger partial charge >= 0.3 is 5.97 Å². The Bertz CT molecular complexity index is 377. The number of nitrogens with one attached hydrogen (secondary N) is 1. The molecule has 0 aliphatic rings. The lowest BCUT2D eigenvalue weighted by atomic mass is 10.1. The quantitative estimate of drug-likeness (QED) is 0.429. The maximum absolute atomic E-state index is 11.1. The van der Waals surface area contributed by atoms with Crippen LogP contribution in [0.15, 0.2) is 24.3 Å². The van der Waals surface area contributed by atoms with Crippen molar-refractivity contribution in [2.24, 2.45) is 5.73 Å². The van der Waals surface area contributed by atoms with Gasteiger partial charge in [0.05, 0.1) is 7.11 Å². The van der Waals surface area contributed by atoms with Gasteiger partial charge < -0.3 is 9.47 Å². The predicted molar refractivity (Wildman–Crippen MR) is 55.0 cm³/mol. The largest absolute Gasteiger partial charge is 0.478 e. The van der Waals surface area contributed by atoms with Gasteiger partial charge in [0.1, 0.15) is 12.5 Å². The second-order valence-electron chi connectivity index (χ2n) is 2.67. The molecule has 0 amide bonds. The van der Waals surface area contributed by atoms with Crippen LogP contribution < -0.4 is 10.5 Å². The van der Waals surface area contributed by atoms with Crippen molar-refractivity contribution in [1.29, 1.82) is 5.41 Å². The lowest BCUT2D eigenvalue weighted by Gasteiger charge is -2.09. The highest BCUT2D eigenvalue weighted by atomic mass is 16.5. The fraction of sp³-hybridized carbons (Fsp3) is 0.200. The highest BCUT2D eigenvalue weighted by Crippen LogP contribution is 2.18. The van der Waals surface area contributed by atoms with E-state index in [-0.39, 0.29) is 12.4 Å². The second-order valence-corrected chi connectivity index (χ2v) is 2.67. The molecule has 0 aliphatic heterocycles. The monoisotopic (exact) mass is 208 g/mol. The maximum Gasteiger partial charge on any atom is 0.356 e. The van der Waals surface area contributed by atoms with Crippen LogP contribution in [-0.4, -0.2) is 25.5 Å². The molecule has 0 bridgehead atoms. The van der Waals surface area contributed by atoms with Gasteiger partial charge in [0, 0.05) is 5.56 Å². The standard InChI is InChI=1S/C10H12N2O3/c1-14-10(13)9(12)7-4-2-3-5-8(7)15-6-11/h2-5,12H,6,11H2,1H3. The molecule has 0 saturated heterocycles. The van der Waals surface area contributed by atoms with Gasteiger partial charge in [-0.25, -0.2) is 4.79 Å². The van der Waals surface area contributed by atoms with E-state index in [0.717, 1.165) is 0 Å². The highest BCUT2D eigenvalue weighted by Gasteiger charge is 2.16. The predicted octanol–water partition coefficient (Wildman–Crippen LogP) is 0.522. The van der Waals surface area contributed by atoms with Gasteiger partial charge in [-0.15, -0.1) is 0 Å². The number of hydrogen-bond acceptors (Lipinski definition) is 5. The molecule has 80 valence electrons. The summed E-state index contributed by atoms with van der Waals surface area (Å²) < 4.78 is 9.53. The van der Waals surface area contributed by atoms with Crippen LogP contribution in [0, 0.1) is 5.41 Å². The minimum atomic E-state index is -0.705. The third kappa shape index (κ3) is 2.54. The minimum Gasteiger partial charge on any atom is -0.478 e. The van der Waals surface area contributed by atoms with Gasteiger partial charge in [-0.3, -0.25) is 11.1 Å². The molecule has 3 N–H and O–H groups in total. The average Bonchev–Trinajstić information content (AvgIpc) is 2.28. The molecule has 5 heteroatoms. The molecule has 0 aromatic heterocycles. The summed E-state index contributed by atoms with van der Waals surface area (Å²) in [5, 5.41) is 7.56. The third-order valence-electron chi connectivity index (χ3n) is 1.78. The van der Waals surface area contributed by atoms with E-state index in [1.807, 2.05) is 0 Å². The molecule has 15 heavy (non-hydrogen) atoms. The zero-order valence-corrected chi connectivity index (χ0v) is 8.32. The lowest BCUT2D eigenvalue weighted by molar-refractivity contribution is -0.132. The molecule has 0 spiro atoms. The molecule has 0 heterocycles. The van der Waals surface area contributed by atoms with Gasteiger partial charge in [-0.1, -0.05) is 12.1 Å². The lowest BCUT2D eigenvalue weighted by Crippen LogP contribution is -2.18. The average molecular weight is 208 g/mol. The van der Waals surface area contributed by atoms with Crippen LogP contribution in [0.5, 0.6) is 5.75 Å². The Hall–Kier alpha value is -1.88. The number of ether oxygens (including phenoxy) is 2. The van der Waals surface area contributed by atoms with Crippen LogP contribution >= 0.6 is 0 Å². The number of rotatable bonds is 4. The highest BCUT2D eigenvalue weighted by molar-refractivity contribution is 6.42. The fourth-order valence-corrected chi connectivity index (χ4v) is 1.10. The van der Waals surface area contributed by atoms with Crippen LogP contribution in [0.3, 0.4) is 0 Å². The topological polar surface area (TPSA) is 85.4 Å². The molecule has 0 saturated carbocycles. The normalized spacial score (nSPS) is 9.47. The number of nitrogens with two attached hydrogens (primary N) is 1. The summed E-state index contributed by atoms with van der Waals surface area (Å²) >= 11 is 0. The van der Waals surface area contributed by atoms with Gasteiger partial charge in [0.2, 0.25) is 0 Å². The van der Waals surface area contributed by atoms with Crippen LogP contribution in [0.4, 0.5) is 0 Å². The molecule has 0 fully saturated rings. The zero-order valence-electron chi connectivity index (χ0n) is 8.32. The summed E-state index contributed by atoms with van der Waals surface area (Å²) in [5.41, 5.74) is 5.35. The summed E-state index contributed by atoms with van der Waals surface area (Å²) in [4.78, 5) is 11.1. The Morgan fingerprint density at radius 3 is 2.73 bits per heavy atom. The van der Waals surface area contributed by atoms with E-state index in [1.165, 1.54) is 7.11 Å². The number of esters is 1. The minimum absolute atomic E-state index is 0.00847. The number of methoxy groups -OCH3 is 1. The molecule has 1 aromatic rings. The van der Waals surface area contributed by atoms with E-state index in [0.29, 0.717) is 11.3 Å². The first-order valence-corrected chi connectivity index (χ1v) is 4.29. The molecule has 0 aliphatic carbocycles. The fourth-order valence-electron chi connectivity index (χ4n) is 1.10. The molecule has 0 atom stereocenters. The Labute approximate surface area is 87.3 Å². The van der Waals surface area contributed by atoms with Crippen LogP contribution in [0.1, 0.15) is 5.56 Å². The number of hydrogen-bond donors (Lipinski definition) is 2. The smallest absolute Gasteiger partial charge is 0.356 e. The molecular weight excluding hydrogens is 196 g/mol. The number of benzene rings is 1. The van der Waals surface area contributed by atoms with Crippen LogP contribution in [0.2, 0.25) is 0 Å². The van der Waals surface area contributed by atoms with Crippen molar-refractivity contribution in [2.75, 3.05) is 13.8 Å². The Morgan fingerprint density at radius 1 is 1.47 bits per heavy atom. The molecule has 0 radical (unpaired) electrons. The summed E-state index contributed by atoms with van der Waals surface area (Å²) in [7, 11) is 1.23. The first kappa shape index (κ1) is 11.2. The van der Waals surface area contributed by atoms with E-state index < -0.39 is 5.97 Å². The molecular formula is C10H12N2O3. The Morgan fingerprint density at radius 2 is 2.13 bits per heavy atom. The van der Waals surface area contributed by atoms with Crippen molar-refractivity contribution in [1.82, 2.24) is 0 Å². The summed E-state index contributed by atoms with van der Waals surface area (Å²) in [5.74, 6) is -0.307. The summed E-state index contributed by atoms with van der Waals surface area (Å²) in [6, 6.07) is 6.68. The molecule has 1 aromatic carbocycles. The van der Waals surface area contributed by atoms with Crippen LogP contribution in [-0.2, 0) is 9.53 Å². The number of carbonyl (C=O) groups is 1. The first-order valence-electron chi connectivity index (χ1n) is 4.29. The van der Waals surface area contributed by atoms with Crippen molar-refractivity contribution in [3.8, 4) is 5.75 Å². The van der Waals surface area contributed by atoms with E-state index >= 15 is 0 Å². The molecule has 0 unspecified atom stereocenters. The Balaban J connectivity index is 3.02. The molecule has 5 nitrogen and oxygen atoms in total. The zero-order chi connectivity index (χ0) is 11.3. The SMILES string of the molecule is COC(=O)C(=N)c1ccccc1OCN. The van der Waals surface area contributed by atoms with Crippen molar-refractivity contribution in [3.63, 3.8) is 0 Å². The summed E-state index contributed by atoms with van der Waals surface area (Å²) in [6.45, 7) is -0.00847. The van der Waals surface area contributed by atoms with Crippen molar-refractivity contribution >= 4 is 11.7 Å². The maximum atomic E-state index is 11.1. The van der Waals surface area contributed by atoms with Crippen molar-refractivity contribution < 1.29 is 14.3 Å². The second kappa shape index (κ2) is 5.11. The molecule has 1 rings (SSSR count). The van der Waals surface area contributed by atoms with Gasteiger partial charge in [-0.2, -0.15) is 0 Å². The third-order valence-corrected chi connectivity index (χ3v) is 1.78. The van der Waals surface area contributed by atoms with Gasteiger partial charge in [-0.05, 0) is 12.1 Å². The van der Waals surface area contributed by atoms with E-state index in [9.17, 15) is 4.79 Å². The van der Waals surface area contributed by atoms with Crippen LogP contribution in [0.25, 0.3) is 0 Å². The first-order chi connectivity index (χ1) is 7.20. The van der Waals surface area contributed by atoms with Gasteiger partial charge in [0.15, 0.2) is 5.71 Å². The van der Waals surface area contributed by atoms with E-state index in [2.05, 4.69) is 4.74 Å².